The number of hydrogen-bond donors (Lipinski definition) is 1. The Labute approximate surface area is 162 Å². The van der Waals surface area contributed by atoms with Crippen LogP contribution >= 0.6 is 0 Å². The molecule has 0 saturated heterocycles. The molecule has 7 heteroatoms. The van der Waals surface area contributed by atoms with Crippen LogP contribution in [0.4, 0.5) is 5.69 Å². The first kappa shape index (κ1) is 18.2. The Morgan fingerprint density at radius 3 is 2.71 bits per heavy atom. The van der Waals surface area contributed by atoms with E-state index in [0.29, 0.717) is 35.3 Å². The number of fused-ring (bicyclic) bond motifs is 3. The van der Waals surface area contributed by atoms with E-state index in [-0.39, 0.29) is 5.78 Å². The molecule has 6 nitrogen and oxygen atoms in total. The first-order valence-electron chi connectivity index (χ1n) is 8.75. The third-order valence-corrected chi connectivity index (χ3v) is 5.08. The summed E-state index contributed by atoms with van der Waals surface area (Å²) in [7, 11) is -3.33. The average molecular weight is 394 g/mol. The SMILES string of the molecule is CS(=O)(=O)Nc1cccc(CCC(=O)c2ccc3c(c2)oc2cnccc23)c1. The van der Waals surface area contributed by atoms with Gasteiger partial charge in [-0.1, -0.05) is 18.2 Å². The number of pyridine rings is 1. The smallest absolute Gasteiger partial charge is 0.229 e. The minimum Gasteiger partial charge on any atom is -0.454 e. The Balaban J connectivity index is 1.51. The summed E-state index contributed by atoms with van der Waals surface area (Å²) in [4.78, 5) is 16.7. The Morgan fingerprint density at radius 1 is 1.07 bits per heavy atom. The number of aromatic nitrogens is 1. The van der Waals surface area contributed by atoms with E-state index in [1.54, 1.807) is 36.7 Å². The average Bonchev–Trinajstić information content (AvgIpc) is 3.03. The molecule has 0 spiro atoms. The van der Waals surface area contributed by atoms with Crippen LogP contribution < -0.4 is 4.72 Å². The van der Waals surface area contributed by atoms with Gasteiger partial charge in [-0.05, 0) is 42.3 Å². The molecule has 1 N–H and O–H groups in total. The van der Waals surface area contributed by atoms with Crippen molar-refractivity contribution in [3.63, 3.8) is 0 Å². The normalized spacial score (nSPS) is 11.8. The molecule has 0 aliphatic carbocycles. The topological polar surface area (TPSA) is 89.3 Å². The third kappa shape index (κ3) is 3.89. The zero-order chi connectivity index (χ0) is 19.7. The lowest BCUT2D eigenvalue weighted by Gasteiger charge is -2.07. The zero-order valence-electron chi connectivity index (χ0n) is 15.2. The van der Waals surface area contributed by atoms with Gasteiger partial charge in [-0.2, -0.15) is 0 Å². The van der Waals surface area contributed by atoms with Gasteiger partial charge < -0.3 is 4.42 Å². The molecule has 0 unspecified atom stereocenters. The van der Waals surface area contributed by atoms with E-state index in [0.717, 1.165) is 22.6 Å². The van der Waals surface area contributed by atoms with Crippen LogP contribution in [0.5, 0.6) is 0 Å². The highest BCUT2D eigenvalue weighted by Crippen LogP contribution is 2.29. The summed E-state index contributed by atoms with van der Waals surface area (Å²) in [6, 6.07) is 14.4. The summed E-state index contributed by atoms with van der Waals surface area (Å²) < 4.78 is 30.9. The van der Waals surface area contributed by atoms with Gasteiger partial charge in [-0.25, -0.2) is 8.42 Å². The number of furan rings is 1. The summed E-state index contributed by atoms with van der Waals surface area (Å²) >= 11 is 0. The van der Waals surface area contributed by atoms with Crippen molar-refractivity contribution in [3.8, 4) is 0 Å². The molecule has 2 aromatic heterocycles. The minimum atomic E-state index is -3.33. The number of nitrogens with one attached hydrogen (secondary N) is 1. The molecule has 0 aliphatic rings. The molecule has 0 bridgehead atoms. The number of sulfonamides is 1. The van der Waals surface area contributed by atoms with Crippen molar-refractivity contribution in [2.75, 3.05) is 11.0 Å². The molecular weight excluding hydrogens is 376 g/mol. The van der Waals surface area contributed by atoms with Crippen molar-refractivity contribution in [1.29, 1.82) is 0 Å². The number of carbonyl (C=O) groups is 1. The van der Waals surface area contributed by atoms with Gasteiger partial charge >= 0.3 is 0 Å². The second-order valence-electron chi connectivity index (χ2n) is 6.68. The Bertz CT molecular complexity index is 1290. The second kappa shape index (κ2) is 7.09. The zero-order valence-corrected chi connectivity index (χ0v) is 16.0. The number of Topliss-reactive ketones (excluding diaryl/α,β-unsaturated/α-hetero) is 1. The lowest BCUT2D eigenvalue weighted by atomic mass is 10.0. The lowest BCUT2D eigenvalue weighted by Crippen LogP contribution is -2.09. The highest BCUT2D eigenvalue weighted by molar-refractivity contribution is 7.92. The number of rotatable bonds is 6. The maximum absolute atomic E-state index is 12.6. The van der Waals surface area contributed by atoms with Gasteiger partial charge in [0.2, 0.25) is 10.0 Å². The molecule has 0 fully saturated rings. The molecule has 0 atom stereocenters. The fourth-order valence-electron chi connectivity index (χ4n) is 3.21. The van der Waals surface area contributed by atoms with Crippen LogP contribution in [-0.2, 0) is 16.4 Å². The van der Waals surface area contributed by atoms with Gasteiger partial charge in [-0.15, -0.1) is 0 Å². The number of benzene rings is 2. The van der Waals surface area contributed by atoms with E-state index in [1.165, 1.54) is 0 Å². The van der Waals surface area contributed by atoms with E-state index in [1.807, 2.05) is 24.3 Å². The van der Waals surface area contributed by atoms with Crippen LogP contribution in [-0.4, -0.2) is 25.4 Å². The van der Waals surface area contributed by atoms with Gasteiger partial charge in [-0.3, -0.25) is 14.5 Å². The highest BCUT2D eigenvalue weighted by atomic mass is 32.2. The Hall–Kier alpha value is -3.19. The molecule has 0 aliphatic heterocycles. The van der Waals surface area contributed by atoms with Gasteiger partial charge in [0.05, 0.1) is 12.5 Å². The number of anilines is 1. The van der Waals surface area contributed by atoms with Crippen LogP contribution in [0.15, 0.2) is 65.3 Å². The van der Waals surface area contributed by atoms with Gasteiger partial charge in [0.15, 0.2) is 11.4 Å². The monoisotopic (exact) mass is 394 g/mol. The van der Waals surface area contributed by atoms with Crippen LogP contribution in [0.3, 0.4) is 0 Å². The van der Waals surface area contributed by atoms with Gasteiger partial charge in [0.1, 0.15) is 5.58 Å². The highest BCUT2D eigenvalue weighted by Gasteiger charge is 2.12. The number of carbonyl (C=O) groups excluding carboxylic acids is 1. The van der Waals surface area contributed by atoms with E-state index in [2.05, 4.69) is 9.71 Å². The van der Waals surface area contributed by atoms with E-state index < -0.39 is 10.0 Å². The van der Waals surface area contributed by atoms with Crippen molar-refractivity contribution < 1.29 is 17.6 Å². The van der Waals surface area contributed by atoms with Crippen molar-refractivity contribution >= 4 is 43.4 Å². The molecular formula is C21H18N2O4S. The fraction of sp³-hybridized carbons (Fsp3) is 0.143. The maximum atomic E-state index is 12.6. The van der Waals surface area contributed by atoms with Gasteiger partial charge in [0, 0.05) is 34.6 Å². The molecule has 2 aromatic carbocycles. The van der Waals surface area contributed by atoms with E-state index in [4.69, 9.17) is 4.42 Å². The first-order chi connectivity index (χ1) is 13.4. The number of ketones is 1. The standard InChI is InChI=1S/C21H18N2O4S/c1-28(25,26)23-16-4-2-3-14(11-16)5-8-19(24)15-6-7-17-18-9-10-22-13-21(18)27-20(17)12-15/h2-4,6-7,9-13,23H,5,8H2,1H3. The Kier molecular flexibility index (Phi) is 4.60. The van der Waals surface area contributed by atoms with Gasteiger partial charge in [0.25, 0.3) is 0 Å². The summed E-state index contributed by atoms with van der Waals surface area (Å²) in [5.74, 6) is 0.00181. The molecule has 4 rings (SSSR count). The number of nitrogens with zero attached hydrogens (tertiary/aromatic N) is 1. The largest absolute Gasteiger partial charge is 0.454 e. The summed E-state index contributed by atoms with van der Waals surface area (Å²) in [6.45, 7) is 0. The molecule has 142 valence electrons. The summed E-state index contributed by atoms with van der Waals surface area (Å²) in [6.07, 6.45) is 5.31. The summed E-state index contributed by atoms with van der Waals surface area (Å²) in [5, 5.41) is 1.92. The van der Waals surface area contributed by atoms with Crippen molar-refractivity contribution in [2.24, 2.45) is 0 Å². The third-order valence-electron chi connectivity index (χ3n) is 4.47. The molecule has 0 amide bonds. The van der Waals surface area contributed by atoms with Crippen LogP contribution in [0, 0.1) is 0 Å². The number of hydrogen-bond acceptors (Lipinski definition) is 5. The van der Waals surface area contributed by atoms with Crippen molar-refractivity contribution in [2.45, 2.75) is 12.8 Å². The molecule has 4 aromatic rings. The minimum absolute atomic E-state index is 0.00181. The molecule has 0 radical (unpaired) electrons. The quantitative estimate of drug-likeness (QED) is 0.496. The molecule has 28 heavy (non-hydrogen) atoms. The summed E-state index contributed by atoms with van der Waals surface area (Å²) in [5.41, 5.74) is 3.32. The van der Waals surface area contributed by atoms with E-state index >= 15 is 0 Å². The predicted molar refractivity (Wildman–Crippen MR) is 109 cm³/mol. The van der Waals surface area contributed by atoms with E-state index in [9.17, 15) is 13.2 Å². The van der Waals surface area contributed by atoms with Crippen molar-refractivity contribution in [3.05, 3.63) is 72.1 Å². The lowest BCUT2D eigenvalue weighted by molar-refractivity contribution is 0.0983. The van der Waals surface area contributed by atoms with Crippen LogP contribution in [0.1, 0.15) is 22.3 Å². The second-order valence-corrected chi connectivity index (χ2v) is 8.43. The van der Waals surface area contributed by atoms with Crippen LogP contribution in [0.25, 0.3) is 21.9 Å². The van der Waals surface area contributed by atoms with Crippen molar-refractivity contribution in [1.82, 2.24) is 4.98 Å². The van der Waals surface area contributed by atoms with Crippen LogP contribution in [0.2, 0.25) is 0 Å². The maximum Gasteiger partial charge on any atom is 0.229 e. The first-order valence-corrected chi connectivity index (χ1v) is 10.6. The fourth-order valence-corrected chi connectivity index (χ4v) is 3.77. The molecule has 2 heterocycles. The number of aryl methyl sites for hydroxylation is 1. The molecule has 0 saturated carbocycles. The predicted octanol–water partition coefficient (Wildman–Crippen LogP) is 4.17. The Morgan fingerprint density at radius 2 is 1.89 bits per heavy atom.